The minimum Gasteiger partial charge on any atom is -0.465 e. The van der Waals surface area contributed by atoms with E-state index < -0.39 is 0 Å². The van der Waals surface area contributed by atoms with Crippen LogP contribution in [0.3, 0.4) is 0 Å². The second-order valence-corrected chi connectivity index (χ2v) is 4.48. The van der Waals surface area contributed by atoms with Gasteiger partial charge in [-0.1, -0.05) is 46.0 Å². The van der Waals surface area contributed by atoms with E-state index in [4.69, 9.17) is 4.74 Å². The van der Waals surface area contributed by atoms with Crippen LogP contribution in [-0.4, -0.2) is 43.4 Å². The number of likely N-dealkylation sites (N-methyl/N-ethyl adjacent to an activating group) is 1. The first kappa shape index (κ1) is 17.1. The number of carbonyl (C=O) groups excluding carboxylic acids is 2. The van der Waals surface area contributed by atoms with Crippen molar-refractivity contribution in [3.63, 3.8) is 0 Å². The fourth-order valence-electron chi connectivity index (χ4n) is 1.71. The van der Waals surface area contributed by atoms with E-state index in [1.165, 1.54) is 25.7 Å². The molecule has 0 heterocycles. The van der Waals surface area contributed by atoms with Crippen LogP contribution in [0.5, 0.6) is 0 Å². The molecule has 0 aliphatic carbocycles. The fraction of sp³-hybridized carbons (Fsp3) is 0.857. The molecule has 0 aromatic rings. The van der Waals surface area contributed by atoms with Crippen molar-refractivity contribution in [3.05, 3.63) is 0 Å². The molecule has 0 aromatic carbocycles. The van der Waals surface area contributed by atoms with E-state index in [9.17, 15) is 9.59 Å². The Labute approximate surface area is 111 Å². The first-order valence-electron chi connectivity index (χ1n) is 7.06. The van der Waals surface area contributed by atoms with Crippen molar-refractivity contribution in [3.8, 4) is 0 Å². The quantitative estimate of drug-likeness (QED) is 0.306. The van der Waals surface area contributed by atoms with Crippen LogP contribution in [0.1, 0.15) is 52.4 Å². The molecule has 0 spiro atoms. The zero-order valence-corrected chi connectivity index (χ0v) is 11.8. The molecule has 0 radical (unpaired) electrons. The van der Waals surface area contributed by atoms with E-state index in [1.807, 2.05) is 6.92 Å². The Morgan fingerprint density at radius 1 is 1.11 bits per heavy atom. The molecule has 0 aliphatic rings. The standard InChI is InChI=1S/C14H27NO3/c1-3-5-6-7-8-9-12-18-14(17)13-15(4-2)10-11-16/h11H,3-10,12-13H2,1-2H3. The lowest BCUT2D eigenvalue weighted by Gasteiger charge is -2.15. The molecule has 0 amide bonds. The maximum atomic E-state index is 11.4. The number of hydrogen-bond acceptors (Lipinski definition) is 4. The Kier molecular flexibility index (Phi) is 11.9. The van der Waals surface area contributed by atoms with Crippen molar-refractivity contribution >= 4 is 12.3 Å². The van der Waals surface area contributed by atoms with Crippen LogP contribution < -0.4 is 0 Å². The lowest BCUT2D eigenvalue weighted by atomic mass is 10.1. The Morgan fingerprint density at radius 2 is 1.78 bits per heavy atom. The molecule has 106 valence electrons. The second-order valence-electron chi connectivity index (χ2n) is 4.48. The predicted octanol–water partition coefficient (Wildman–Crippen LogP) is 2.41. The number of unbranched alkanes of at least 4 members (excludes halogenated alkanes) is 5. The molecule has 0 saturated heterocycles. The smallest absolute Gasteiger partial charge is 0.320 e. The van der Waals surface area contributed by atoms with Gasteiger partial charge >= 0.3 is 5.97 Å². The van der Waals surface area contributed by atoms with Crippen LogP contribution >= 0.6 is 0 Å². The summed E-state index contributed by atoms with van der Waals surface area (Å²) in [5.41, 5.74) is 0. The largest absolute Gasteiger partial charge is 0.465 e. The summed E-state index contributed by atoms with van der Waals surface area (Å²) < 4.78 is 5.13. The average Bonchev–Trinajstić information content (AvgIpc) is 2.37. The lowest BCUT2D eigenvalue weighted by molar-refractivity contribution is -0.145. The van der Waals surface area contributed by atoms with Gasteiger partial charge in [-0.05, 0) is 13.0 Å². The molecular formula is C14H27NO3. The maximum Gasteiger partial charge on any atom is 0.320 e. The number of rotatable bonds is 12. The number of hydrogen-bond donors (Lipinski definition) is 0. The first-order chi connectivity index (χ1) is 8.74. The number of ether oxygens (including phenoxy) is 1. The number of nitrogens with zero attached hydrogens (tertiary/aromatic N) is 1. The van der Waals surface area contributed by atoms with Crippen molar-refractivity contribution in [2.75, 3.05) is 26.2 Å². The van der Waals surface area contributed by atoms with E-state index in [1.54, 1.807) is 4.90 Å². The maximum absolute atomic E-state index is 11.4. The molecule has 0 aliphatic heterocycles. The highest BCUT2D eigenvalue weighted by molar-refractivity contribution is 5.72. The van der Waals surface area contributed by atoms with Gasteiger partial charge in [-0.3, -0.25) is 9.69 Å². The molecule has 0 N–H and O–H groups in total. The van der Waals surface area contributed by atoms with Crippen molar-refractivity contribution < 1.29 is 14.3 Å². The van der Waals surface area contributed by atoms with Crippen LogP contribution in [0.25, 0.3) is 0 Å². The van der Waals surface area contributed by atoms with Gasteiger partial charge in [0.05, 0.1) is 19.7 Å². The topological polar surface area (TPSA) is 46.6 Å². The summed E-state index contributed by atoms with van der Waals surface area (Å²) >= 11 is 0. The van der Waals surface area contributed by atoms with E-state index in [0.29, 0.717) is 19.7 Å². The summed E-state index contributed by atoms with van der Waals surface area (Å²) in [5, 5.41) is 0. The van der Waals surface area contributed by atoms with Crippen LogP contribution in [0, 0.1) is 0 Å². The number of aldehydes is 1. The van der Waals surface area contributed by atoms with Gasteiger partial charge in [0.15, 0.2) is 0 Å². The SMILES string of the molecule is CCCCCCCCOC(=O)CN(CC)CC=O. The Balaban J connectivity index is 3.43. The van der Waals surface area contributed by atoms with Crippen molar-refractivity contribution in [2.24, 2.45) is 0 Å². The first-order valence-corrected chi connectivity index (χ1v) is 7.06. The van der Waals surface area contributed by atoms with Crippen molar-refractivity contribution in [1.82, 2.24) is 4.90 Å². The zero-order chi connectivity index (χ0) is 13.6. The Morgan fingerprint density at radius 3 is 2.39 bits per heavy atom. The average molecular weight is 257 g/mol. The summed E-state index contributed by atoms with van der Waals surface area (Å²) in [6.45, 7) is 5.81. The monoisotopic (exact) mass is 257 g/mol. The van der Waals surface area contributed by atoms with Gasteiger partial charge in [0.2, 0.25) is 0 Å². The molecular weight excluding hydrogens is 230 g/mol. The van der Waals surface area contributed by atoms with Gasteiger partial charge in [0.1, 0.15) is 6.29 Å². The summed E-state index contributed by atoms with van der Waals surface area (Å²) in [7, 11) is 0. The third kappa shape index (κ3) is 10.3. The van der Waals surface area contributed by atoms with Gasteiger partial charge < -0.3 is 9.53 Å². The Bertz CT molecular complexity index is 219. The van der Waals surface area contributed by atoms with Crippen LogP contribution in [0.15, 0.2) is 0 Å². The van der Waals surface area contributed by atoms with E-state index in [0.717, 1.165) is 19.1 Å². The highest BCUT2D eigenvalue weighted by Gasteiger charge is 2.09. The second kappa shape index (κ2) is 12.6. The minimum absolute atomic E-state index is 0.213. The minimum atomic E-state index is -0.229. The van der Waals surface area contributed by atoms with Crippen molar-refractivity contribution in [2.45, 2.75) is 52.4 Å². The molecule has 0 saturated carbocycles. The highest BCUT2D eigenvalue weighted by atomic mass is 16.5. The summed E-state index contributed by atoms with van der Waals surface area (Å²) in [4.78, 5) is 23.6. The van der Waals surface area contributed by atoms with Crippen molar-refractivity contribution in [1.29, 1.82) is 0 Å². The molecule has 0 bridgehead atoms. The van der Waals surface area contributed by atoms with Gasteiger partial charge in [-0.15, -0.1) is 0 Å². The normalized spacial score (nSPS) is 10.6. The zero-order valence-electron chi connectivity index (χ0n) is 11.8. The van der Waals surface area contributed by atoms with Crippen LogP contribution in [0.4, 0.5) is 0 Å². The third-order valence-corrected chi connectivity index (χ3v) is 2.89. The van der Waals surface area contributed by atoms with Gasteiger partial charge in [-0.25, -0.2) is 0 Å². The lowest BCUT2D eigenvalue weighted by Crippen LogP contribution is -2.32. The Hall–Kier alpha value is -0.900. The summed E-state index contributed by atoms with van der Waals surface area (Å²) in [6.07, 6.45) is 7.90. The molecule has 0 aromatic heterocycles. The van der Waals surface area contributed by atoms with E-state index in [-0.39, 0.29) is 12.5 Å². The molecule has 18 heavy (non-hydrogen) atoms. The summed E-state index contributed by atoms with van der Waals surface area (Å²) in [6, 6.07) is 0. The fourth-order valence-corrected chi connectivity index (χ4v) is 1.71. The van der Waals surface area contributed by atoms with E-state index >= 15 is 0 Å². The molecule has 0 atom stereocenters. The van der Waals surface area contributed by atoms with E-state index in [2.05, 4.69) is 6.92 Å². The molecule has 4 nitrogen and oxygen atoms in total. The number of carbonyl (C=O) groups is 2. The van der Waals surface area contributed by atoms with Gasteiger partial charge in [-0.2, -0.15) is 0 Å². The molecule has 0 fully saturated rings. The van der Waals surface area contributed by atoms with Gasteiger partial charge in [0.25, 0.3) is 0 Å². The molecule has 4 heteroatoms. The van der Waals surface area contributed by atoms with Crippen LogP contribution in [0.2, 0.25) is 0 Å². The summed E-state index contributed by atoms with van der Waals surface area (Å²) in [5.74, 6) is -0.229. The van der Waals surface area contributed by atoms with Gasteiger partial charge in [0, 0.05) is 0 Å². The third-order valence-electron chi connectivity index (χ3n) is 2.89. The highest BCUT2D eigenvalue weighted by Crippen LogP contribution is 2.04. The molecule has 0 rings (SSSR count). The predicted molar refractivity (Wildman–Crippen MR) is 72.5 cm³/mol. The van der Waals surface area contributed by atoms with Crippen LogP contribution in [-0.2, 0) is 14.3 Å². The number of esters is 1. The molecule has 0 unspecified atom stereocenters.